The molecule has 0 bridgehead atoms. The molecule has 2 unspecified atom stereocenters. The molecule has 1 aromatic rings. The third-order valence-corrected chi connectivity index (χ3v) is 4.83. The van der Waals surface area contributed by atoms with Gasteiger partial charge in [-0.05, 0) is 37.6 Å². The van der Waals surface area contributed by atoms with Crippen LogP contribution >= 0.6 is 23.2 Å². The van der Waals surface area contributed by atoms with Crippen LogP contribution in [0.4, 0.5) is 0 Å². The molecule has 6 heteroatoms. The quantitative estimate of drug-likeness (QED) is 0.823. The summed E-state index contributed by atoms with van der Waals surface area (Å²) in [5, 5.41) is 3.98. The fraction of sp³-hybridized carbons (Fsp3) is 0.471. The molecule has 2 atom stereocenters. The minimum Gasteiger partial charge on any atom is -0.379 e. The minimum absolute atomic E-state index is 0.0547. The monoisotopic (exact) mass is 356 g/mol. The summed E-state index contributed by atoms with van der Waals surface area (Å²) < 4.78 is 5.36. The van der Waals surface area contributed by atoms with Gasteiger partial charge >= 0.3 is 0 Å². The molecule has 0 radical (unpaired) electrons. The summed E-state index contributed by atoms with van der Waals surface area (Å²) in [6, 6.07) is 5.58. The second-order valence-electron chi connectivity index (χ2n) is 5.69. The first kappa shape index (κ1) is 18.3. The maximum Gasteiger partial charge on any atom is 0.244 e. The van der Waals surface area contributed by atoms with Gasteiger partial charge in [0, 0.05) is 31.2 Å². The van der Waals surface area contributed by atoms with Gasteiger partial charge in [0.1, 0.15) is 0 Å². The first-order valence-corrected chi connectivity index (χ1v) is 8.48. The average molecular weight is 357 g/mol. The van der Waals surface area contributed by atoms with Crippen LogP contribution < -0.4 is 5.32 Å². The van der Waals surface area contributed by atoms with Crippen LogP contribution in [0.15, 0.2) is 24.3 Å². The summed E-state index contributed by atoms with van der Waals surface area (Å²) in [6.45, 7) is 7.45. The second kappa shape index (κ2) is 8.69. The van der Waals surface area contributed by atoms with Crippen LogP contribution in [0.2, 0.25) is 10.0 Å². The average Bonchev–Trinajstić information content (AvgIpc) is 2.56. The van der Waals surface area contributed by atoms with Gasteiger partial charge in [-0.3, -0.25) is 9.69 Å². The Labute approximate surface area is 147 Å². The third-order valence-electron chi connectivity index (χ3n) is 4.09. The van der Waals surface area contributed by atoms with Crippen LogP contribution in [-0.4, -0.2) is 49.2 Å². The fourth-order valence-corrected chi connectivity index (χ4v) is 2.79. The van der Waals surface area contributed by atoms with E-state index in [1.54, 1.807) is 18.2 Å². The molecule has 1 amide bonds. The number of carbonyl (C=O) groups excluding carboxylic acids is 1. The van der Waals surface area contributed by atoms with E-state index in [0.717, 1.165) is 31.9 Å². The SMILES string of the molecule is CC(NC(=O)/C=C/c1ccc(Cl)c(Cl)c1)C(C)N1CCOCC1. The lowest BCUT2D eigenvalue weighted by Crippen LogP contribution is -2.51. The number of halogens is 2. The molecule has 23 heavy (non-hydrogen) atoms. The van der Waals surface area contributed by atoms with Crippen LogP contribution in [-0.2, 0) is 9.53 Å². The van der Waals surface area contributed by atoms with E-state index >= 15 is 0 Å². The summed E-state index contributed by atoms with van der Waals surface area (Å²) in [5.41, 5.74) is 0.837. The molecule has 0 spiro atoms. The van der Waals surface area contributed by atoms with Crippen LogP contribution in [0.1, 0.15) is 19.4 Å². The van der Waals surface area contributed by atoms with Gasteiger partial charge in [0.2, 0.25) is 5.91 Å². The number of morpholine rings is 1. The van der Waals surface area contributed by atoms with E-state index in [9.17, 15) is 4.79 Å². The zero-order valence-corrected chi connectivity index (χ0v) is 14.9. The Morgan fingerprint density at radius 3 is 2.61 bits per heavy atom. The van der Waals surface area contributed by atoms with E-state index in [1.807, 2.05) is 13.0 Å². The number of hydrogen-bond donors (Lipinski definition) is 1. The molecule has 0 saturated carbocycles. The van der Waals surface area contributed by atoms with E-state index in [1.165, 1.54) is 6.08 Å². The number of carbonyl (C=O) groups is 1. The Morgan fingerprint density at radius 2 is 1.96 bits per heavy atom. The number of benzene rings is 1. The van der Waals surface area contributed by atoms with Crippen LogP contribution in [0.3, 0.4) is 0 Å². The summed E-state index contributed by atoms with van der Waals surface area (Å²) in [4.78, 5) is 14.4. The van der Waals surface area contributed by atoms with Crippen molar-refractivity contribution in [3.63, 3.8) is 0 Å². The standard InChI is InChI=1S/C17H22Cl2N2O2/c1-12(13(2)21-7-9-23-10-8-21)20-17(22)6-4-14-3-5-15(18)16(19)11-14/h3-6,11-13H,7-10H2,1-2H3,(H,20,22)/b6-4+. The Balaban J connectivity index is 1.87. The minimum atomic E-state index is -0.122. The zero-order valence-electron chi connectivity index (χ0n) is 13.4. The maximum atomic E-state index is 12.1. The molecule has 1 fully saturated rings. The van der Waals surface area contributed by atoms with E-state index in [0.29, 0.717) is 10.0 Å². The van der Waals surface area contributed by atoms with Crippen molar-refractivity contribution in [2.24, 2.45) is 0 Å². The zero-order chi connectivity index (χ0) is 16.8. The molecular formula is C17H22Cl2N2O2. The molecule has 126 valence electrons. The number of amides is 1. The molecule has 1 aliphatic heterocycles. The van der Waals surface area contributed by atoms with E-state index in [-0.39, 0.29) is 18.0 Å². The summed E-state index contributed by atoms with van der Waals surface area (Å²) in [7, 11) is 0. The van der Waals surface area contributed by atoms with Crippen molar-refractivity contribution in [3.05, 3.63) is 39.9 Å². The molecule has 1 heterocycles. The number of hydrogen-bond acceptors (Lipinski definition) is 3. The highest BCUT2D eigenvalue weighted by Crippen LogP contribution is 2.23. The van der Waals surface area contributed by atoms with E-state index in [2.05, 4.69) is 17.1 Å². The third kappa shape index (κ3) is 5.50. The Morgan fingerprint density at radius 1 is 1.26 bits per heavy atom. The van der Waals surface area contributed by atoms with Crippen molar-refractivity contribution in [2.75, 3.05) is 26.3 Å². The van der Waals surface area contributed by atoms with E-state index in [4.69, 9.17) is 27.9 Å². The van der Waals surface area contributed by atoms with Crippen LogP contribution in [0, 0.1) is 0 Å². The molecular weight excluding hydrogens is 335 g/mol. The summed E-state index contributed by atoms with van der Waals surface area (Å²) in [6.07, 6.45) is 3.24. The van der Waals surface area contributed by atoms with Crippen molar-refractivity contribution in [3.8, 4) is 0 Å². The Kier molecular flexibility index (Phi) is 6.90. The van der Waals surface area contributed by atoms with Crippen molar-refractivity contribution in [2.45, 2.75) is 25.9 Å². The number of nitrogens with one attached hydrogen (secondary N) is 1. The van der Waals surface area contributed by atoms with Gasteiger partial charge in [-0.25, -0.2) is 0 Å². The van der Waals surface area contributed by atoms with Gasteiger partial charge in [-0.15, -0.1) is 0 Å². The van der Waals surface area contributed by atoms with Crippen LogP contribution in [0.5, 0.6) is 0 Å². The van der Waals surface area contributed by atoms with E-state index < -0.39 is 0 Å². The normalized spacial score (nSPS) is 18.8. The lowest BCUT2D eigenvalue weighted by Gasteiger charge is -2.35. The number of ether oxygens (including phenoxy) is 1. The molecule has 0 aromatic heterocycles. The molecule has 1 aliphatic rings. The molecule has 4 nitrogen and oxygen atoms in total. The fourth-order valence-electron chi connectivity index (χ4n) is 2.48. The van der Waals surface area contributed by atoms with Gasteiger partial charge in [0.25, 0.3) is 0 Å². The lowest BCUT2D eigenvalue weighted by atomic mass is 10.1. The predicted molar refractivity (Wildman–Crippen MR) is 95.0 cm³/mol. The van der Waals surface area contributed by atoms with Gasteiger partial charge in [-0.1, -0.05) is 29.3 Å². The maximum absolute atomic E-state index is 12.1. The topological polar surface area (TPSA) is 41.6 Å². The highest BCUT2D eigenvalue weighted by Gasteiger charge is 2.22. The summed E-state index contributed by atoms with van der Waals surface area (Å²) >= 11 is 11.8. The molecule has 0 aliphatic carbocycles. The Bertz CT molecular complexity index is 572. The van der Waals surface area contributed by atoms with Crippen molar-refractivity contribution in [1.29, 1.82) is 0 Å². The molecule has 2 rings (SSSR count). The first-order chi connectivity index (χ1) is 11.0. The molecule has 1 aromatic carbocycles. The summed E-state index contributed by atoms with van der Waals surface area (Å²) in [5.74, 6) is -0.122. The van der Waals surface area contributed by atoms with Gasteiger partial charge in [0.05, 0.1) is 23.3 Å². The van der Waals surface area contributed by atoms with Crippen molar-refractivity contribution >= 4 is 35.2 Å². The predicted octanol–water partition coefficient (Wildman–Crippen LogP) is 3.23. The van der Waals surface area contributed by atoms with Crippen molar-refractivity contribution < 1.29 is 9.53 Å². The van der Waals surface area contributed by atoms with Gasteiger partial charge in [0.15, 0.2) is 0 Å². The number of nitrogens with zero attached hydrogens (tertiary/aromatic N) is 1. The molecule has 1 saturated heterocycles. The lowest BCUT2D eigenvalue weighted by molar-refractivity contribution is -0.117. The largest absolute Gasteiger partial charge is 0.379 e. The number of rotatable bonds is 5. The highest BCUT2D eigenvalue weighted by molar-refractivity contribution is 6.42. The first-order valence-electron chi connectivity index (χ1n) is 7.73. The second-order valence-corrected chi connectivity index (χ2v) is 6.51. The molecule has 1 N–H and O–H groups in total. The smallest absolute Gasteiger partial charge is 0.244 e. The Hall–Kier alpha value is -1.07. The van der Waals surface area contributed by atoms with Crippen LogP contribution in [0.25, 0.3) is 6.08 Å². The van der Waals surface area contributed by atoms with Gasteiger partial charge < -0.3 is 10.1 Å². The highest BCUT2D eigenvalue weighted by atomic mass is 35.5. The van der Waals surface area contributed by atoms with Crippen molar-refractivity contribution in [1.82, 2.24) is 10.2 Å². The van der Waals surface area contributed by atoms with Gasteiger partial charge in [-0.2, -0.15) is 0 Å².